The maximum atomic E-state index is 10.7. The molecule has 0 amide bonds. The van der Waals surface area contributed by atoms with Gasteiger partial charge in [0.05, 0.1) is 17.3 Å². The van der Waals surface area contributed by atoms with E-state index in [-0.39, 0.29) is 24.2 Å². The average molecular weight is 444 g/mol. The molecule has 1 aromatic heterocycles. The zero-order chi connectivity index (χ0) is 24.1. The van der Waals surface area contributed by atoms with Crippen LogP contribution in [0.15, 0.2) is 35.0 Å². The van der Waals surface area contributed by atoms with E-state index < -0.39 is 0 Å². The Labute approximate surface area is 195 Å². The van der Waals surface area contributed by atoms with Gasteiger partial charge in [0, 0.05) is 28.3 Å². The number of hydrogen-bond acceptors (Lipinski definition) is 4. The maximum Gasteiger partial charge on any atom is 0.198 e. The minimum Gasteiger partial charge on any atom is -0.494 e. The van der Waals surface area contributed by atoms with Crippen LogP contribution in [0.5, 0.6) is 5.88 Å². The summed E-state index contributed by atoms with van der Waals surface area (Å²) in [5.41, 5.74) is 5.79. The number of amidine groups is 1. The number of hydrogen-bond donors (Lipinski definition) is 4. The van der Waals surface area contributed by atoms with Crippen LogP contribution in [0.25, 0.3) is 12.2 Å². The van der Waals surface area contributed by atoms with Crippen LogP contribution in [0.1, 0.15) is 62.3 Å². The smallest absolute Gasteiger partial charge is 0.198 e. The number of aryl methyl sites for hydroxylation is 2. The van der Waals surface area contributed by atoms with Crippen molar-refractivity contribution in [2.45, 2.75) is 53.4 Å². The Morgan fingerprint density at radius 1 is 1.30 bits per heavy atom. The Balaban J connectivity index is 2.08. The quantitative estimate of drug-likeness (QED) is 0.297. The molecule has 0 radical (unpaired) electrons. The summed E-state index contributed by atoms with van der Waals surface area (Å²) in [6.45, 7) is 10.3. The number of nitrogens with zero attached hydrogens (tertiary/aromatic N) is 2. The molecule has 6 heteroatoms. The molecule has 2 aromatic rings. The van der Waals surface area contributed by atoms with Crippen molar-refractivity contribution >= 4 is 23.7 Å². The predicted molar refractivity (Wildman–Crippen MR) is 135 cm³/mol. The van der Waals surface area contributed by atoms with Crippen molar-refractivity contribution in [3.63, 3.8) is 0 Å². The lowest BCUT2D eigenvalue weighted by Crippen LogP contribution is -2.34. The molecule has 0 saturated heterocycles. The highest BCUT2D eigenvalue weighted by Crippen LogP contribution is 2.34. The third kappa shape index (κ3) is 5.25. The van der Waals surface area contributed by atoms with Crippen LogP contribution in [0.4, 0.5) is 0 Å². The van der Waals surface area contributed by atoms with E-state index in [4.69, 9.17) is 10.7 Å². The number of rotatable bonds is 7. The summed E-state index contributed by atoms with van der Waals surface area (Å²) in [7, 11) is 0. The van der Waals surface area contributed by atoms with Crippen LogP contribution in [0, 0.1) is 29.6 Å². The molecule has 1 heterocycles. The van der Waals surface area contributed by atoms with Crippen LogP contribution < -0.4 is 15.9 Å². The molecule has 0 spiro atoms. The zero-order valence-corrected chi connectivity index (χ0v) is 20.1. The number of aliphatic imine (C=N–C) groups is 1. The summed E-state index contributed by atoms with van der Waals surface area (Å²) in [5, 5.41) is 32.4. The summed E-state index contributed by atoms with van der Waals surface area (Å²) in [4.78, 5) is 7.52. The number of H-pyrrole nitrogens is 1. The molecule has 3 rings (SSSR count). The van der Waals surface area contributed by atoms with Crippen molar-refractivity contribution in [2.24, 2.45) is 10.9 Å². The first kappa shape index (κ1) is 24.1. The highest BCUT2D eigenvalue weighted by Gasteiger charge is 2.25. The van der Waals surface area contributed by atoms with Gasteiger partial charge in [0.15, 0.2) is 5.88 Å². The second kappa shape index (κ2) is 10.4. The van der Waals surface area contributed by atoms with Crippen LogP contribution in [0.3, 0.4) is 0 Å². The number of aromatic hydroxyl groups is 1. The van der Waals surface area contributed by atoms with Crippen LogP contribution in [0.2, 0.25) is 0 Å². The van der Waals surface area contributed by atoms with Crippen molar-refractivity contribution in [1.29, 1.82) is 10.7 Å². The van der Waals surface area contributed by atoms with Gasteiger partial charge in [-0.1, -0.05) is 44.2 Å². The van der Waals surface area contributed by atoms with Gasteiger partial charge in [0.25, 0.3) is 0 Å². The minimum atomic E-state index is 0.0547. The number of aromatic nitrogens is 1. The molecule has 1 aliphatic rings. The van der Waals surface area contributed by atoms with Crippen molar-refractivity contribution < 1.29 is 5.11 Å². The first-order valence-corrected chi connectivity index (χ1v) is 11.5. The van der Waals surface area contributed by atoms with Gasteiger partial charge in [-0.15, -0.1) is 0 Å². The fourth-order valence-electron chi connectivity index (χ4n) is 4.48. The van der Waals surface area contributed by atoms with Gasteiger partial charge in [-0.2, -0.15) is 5.26 Å². The van der Waals surface area contributed by atoms with Gasteiger partial charge in [-0.25, -0.2) is 4.99 Å². The molecular formula is C27H33N5O. The minimum absolute atomic E-state index is 0.0547. The molecule has 1 aromatic carbocycles. The third-order valence-corrected chi connectivity index (χ3v) is 6.27. The second-order valence-corrected chi connectivity index (χ2v) is 8.57. The lowest BCUT2D eigenvalue weighted by Gasteiger charge is -2.25. The van der Waals surface area contributed by atoms with Gasteiger partial charge in [0.1, 0.15) is 12.4 Å². The maximum absolute atomic E-state index is 10.7. The van der Waals surface area contributed by atoms with Crippen LogP contribution >= 0.6 is 0 Å². The fourth-order valence-corrected chi connectivity index (χ4v) is 4.48. The van der Waals surface area contributed by atoms with E-state index in [0.717, 1.165) is 23.4 Å². The molecule has 0 bridgehead atoms. The van der Waals surface area contributed by atoms with Gasteiger partial charge in [0.2, 0.25) is 0 Å². The lowest BCUT2D eigenvalue weighted by atomic mass is 9.78. The Morgan fingerprint density at radius 3 is 2.73 bits per heavy atom. The van der Waals surface area contributed by atoms with E-state index in [1.165, 1.54) is 16.7 Å². The molecule has 1 aliphatic carbocycles. The molecule has 33 heavy (non-hydrogen) atoms. The number of nitrogens with one attached hydrogen (secondary N) is 3. The largest absolute Gasteiger partial charge is 0.494 e. The van der Waals surface area contributed by atoms with Gasteiger partial charge in [-0.3, -0.25) is 5.41 Å². The Morgan fingerprint density at radius 2 is 2.06 bits per heavy atom. The van der Waals surface area contributed by atoms with E-state index in [2.05, 4.69) is 66.4 Å². The highest BCUT2D eigenvalue weighted by atomic mass is 16.3. The summed E-state index contributed by atoms with van der Waals surface area (Å²) in [6.07, 6.45) is 8.02. The van der Waals surface area contributed by atoms with Gasteiger partial charge in [-0.05, 0) is 56.2 Å². The summed E-state index contributed by atoms with van der Waals surface area (Å²) < 4.78 is 0. The van der Waals surface area contributed by atoms with Crippen molar-refractivity contribution in [3.8, 4) is 11.9 Å². The van der Waals surface area contributed by atoms with E-state index in [0.29, 0.717) is 22.9 Å². The van der Waals surface area contributed by atoms with Crippen molar-refractivity contribution in [3.05, 3.63) is 62.8 Å². The summed E-state index contributed by atoms with van der Waals surface area (Å²) >= 11 is 0. The molecule has 4 N–H and O–H groups in total. The first-order valence-electron chi connectivity index (χ1n) is 11.5. The number of nitriles is 1. The number of aromatic amines is 1. The first-order chi connectivity index (χ1) is 15.8. The monoisotopic (exact) mass is 443 g/mol. The number of allylic oxidation sites excluding steroid dienone is 1. The molecule has 0 aliphatic heterocycles. The van der Waals surface area contributed by atoms with E-state index in [9.17, 15) is 5.11 Å². The van der Waals surface area contributed by atoms with Crippen LogP contribution in [-0.2, 0) is 6.42 Å². The number of fused-ring (bicyclic) bond motifs is 1. The molecule has 0 fully saturated rings. The van der Waals surface area contributed by atoms with Crippen molar-refractivity contribution in [2.75, 3.05) is 6.54 Å². The van der Waals surface area contributed by atoms with Gasteiger partial charge < -0.3 is 15.4 Å². The number of benzene rings is 1. The Kier molecular flexibility index (Phi) is 7.55. The SMILES string of the molecule is CCc1ccc(C)c(C2C=c3c(C(C)=NC(=N)/C=C(/C)NCC#N)c(O)[nH]c3=CC2CC)c1. The Bertz CT molecular complexity index is 1270. The fraction of sp³-hybridized carbons (Fsp3) is 0.370. The molecule has 172 valence electrons. The molecule has 6 nitrogen and oxygen atoms in total. The molecule has 2 atom stereocenters. The van der Waals surface area contributed by atoms with E-state index in [1.54, 1.807) is 19.9 Å². The summed E-state index contributed by atoms with van der Waals surface area (Å²) in [6, 6.07) is 8.71. The molecular weight excluding hydrogens is 410 g/mol. The topological polar surface area (TPSA) is 108 Å². The molecule has 0 saturated carbocycles. The van der Waals surface area contributed by atoms with Crippen molar-refractivity contribution in [1.82, 2.24) is 10.3 Å². The van der Waals surface area contributed by atoms with E-state index in [1.807, 2.05) is 6.07 Å². The second-order valence-electron chi connectivity index (χ2n) is 8.57. The average Bonchev–Trinajstić information content (AvgIpc) is 3.11. The third-order valence-electron chi connectivity index (χ3n) is 6.27. The van der Waals surface area contributed by atoms with Crippen LogP contribution in [-0.4, -0.2) is 28.2 Å². The highest BCUT2D eigenvalue weighted by molar-refractivity contribution is 6.09. The normalized spacial score (nSPS) is 18.1. The van der Waals surface area contributed by atoms with Gasteiger partial charge >= 0.3 is 0 Å². The zero-order valence-electron chi connectivity index (χ0n) is 20.1. The predicted octanol–water partition coefficient (Wildman–Crippen LogP) is 3.78. The standard InChI is InChI=1S/C27H33N5O/c1-6-19-9-8-16(3)21(13-19)22-15-23-24(14-20(22)7-2)32-27(33)26(23)18(5)31-25(29)12-17(4)30-11-10-28/h8-9,12-15,20,22,29-30,32-33H,6-7,11H2,1-5H3/b17-12-,29-25?,31-18?. The molecule has 2 unspecified atom stereocenters. The van der Waals surface area contributed by atoms with E-state index >= 15 is 0 Å². The lowest BCUT2D eigenvalue weighted by molar-refractivity contribution is 0.455. The summed E-state index contributed by atoms with van der Waals surface area (Å²) in [5.74, 6) is 0.646. The Hall–Kier alpha value is -3.59.